The van der Waals surface area contributed by atoms with Crippen LogP contribution in [0.2, 0.25) is 0 Å². The highest BCUT2D eigenvalue weighted by Gasteiger charge is 2.29. The van der Waals surface area contributed by atoms with Crippen LogP contribution in [0.15, 0.2) is 30.3 Å². The van der Waals surface area contributed by atoms with Gasteiger partial charge in [0.05, 0.1) is 18.9 Å². The second kappa shape index (κ2) is 7.16. The van der Waals surface area contributed by atoms with Gasteiger partial charge in [-0.05, 0) is 42.2 Å². The largest absolute Gasteiger partial charge is 0.379 e. The number of aryl methyl sites for hydroxylation is 1. The summed E-state index contributed by atoms with van der Waals surface area (Å²) < 4.78 is 23.1. The number of nitrogens with one attached hydrogen (secondary N) is 1. The standard InChI is InChI=1S/C16H18FN3O2S/c1-11-9-14(23-19-11)18-16(21)15(20-5-7-22-8-6-20)12-3-2-4-13(17)10-12/h2-4,9-10,15H,5-8H2,1H3,(H,18,21)/t15-/m0/s1. The molecule has 122 valence electrons. The number of benzene rings is 1. The van der Waals surface area contributed by atoms with Gasteiger partial charge in [0, 0.05) is 13.1 Å². The van der Waals surface area contributed by atoms with Crippen molar-refractivity contribution in [3.63, 3.8) is 0 Å². The van der Waals surface area contributed by atoms with Crippen LogP contribution in [0, 0.1) is 12.7 Å². The smallest absolute Gasteiger partial charge is 0.246 e. The fourth-order valence-corrected chi connectivity index (χ4v) is 3.32. The van der Waals surface area contributed by atoms with Crippen LogP contribution < -0.4 is 5.32 Å². The zero-order valence-corrected chi connectivity index (χ0v) is 13.6. The van der Waals surface area contributed by atoms with Crippen molar-refractivity contribution < 1.29 is 13.9 Å². The van der Waals surface area contributed by atoms with E-state index in [0.29, 0.717) is 36.9 Å². The van der Waals surface area contributed by atoms with Gasteiger partial charge in [0.2, 0.25) is 5.91 Å². The summed E-state index contributed by atoms with van der Waals surface area (Å²) >= 11 is 1.24. The predicted molar refractivity (Wildman–Crippen MR) is 87.0 cm³/mol. The molecule has 1 saturated heterocycles. The molecule has 0 aliphatic carbocycles. The van der Waals surface area contributed by atoms with Crippen molar-refractivity contribution in [3.05, 3.63) is 47.4 Å². The lowest BCUT2D eigenvalue weighted by Crippen LogP contribution is -2.43. The summed E-state index contributed by atoms with van der Waals surface area (Å²) in [5.74, 6) is -0.525. The van der Waals surface area contributed by atoms with Crippen molar-refractivity contribution in [1.29, 1.82) is 0 Å². The van der Waals surface area contributed by atoms with Gasteiger partial charge in [-0.25, -0.2) is 4.39 Å². The van der Waals surface area contributed by atoms with E-state index in [-0.39, 0.29) is 11.7 Å². The highest BCUT2D eigenvalue weighted by atomic mass is 32.1. The average Bonchev–Trinajstić information content (AvgIpc) is 2.94. The molecule has 0 saturated carbocycles. The summed E-state index contributed by atoms with van der Waals surface area (Å²) in [7, 11) is 0. The molecular formula is C16H18FN3O2S. The Morgan fingerprint density at radius 2 is 2.17 bits per heavy atom. The van der Waals surface area contributed by atoms with Crippen molar-refractivity contribution in [1.82, 2.24) is 9.27 Å². The molecule has 0 bridgehead atoms. The Morgan fingerprint density at radius 3 is 2.83 bits per heavy atom. The molecule has 1 aromatic heterocycles. The van der Waals surface area contributed by atoms with Crippen LogP contribution in [0.3, 0.4) is 0 Å². The molecule has 0 radical (unpaired) electrons. The molecule has 1 aliphatic heterocycles. The zero-order chi connectivity index (χ0) is 16.2. The fourth-order valence-electron chi connectivity index (χ4n) is 2.65. The van der Waals surface area contributed by atoms with E-state index in [4.69, 9.17) is 4.74 Å². The van der Waals surface area contributed by atoms with E-state index in [1.165, 1.54) is 23.7 Å². The third kappa shape index (κ3) is 3.93. The lowest BCUT2D eigenvalue weighted by molar-refractivity contribution is -0.123. The van der Waals surface area contributed by atoms with Crippen molar-refractivity contribution in [2.24, 2.45) is 0 Å². The summed E-state index contributed by atoms with van der Waals surface area (Å²) in [6, 6.07) is 7.48. The molecule has 1 N–H and O–H groups in total. The number of nitrogens with zero attached hydrogens (tertiary/aromatic N) is 2. The van der Waals surface area contributed by atoms with Gasteiger partial charge >= 0.3 is 0 Å². The fraction of sp³-hybridized carbons (Fsp3) is 0.375. The van der Waals surface area contributed by atoms with Gasteiger partial charge in [-0.3, -0.25) is 9.69 Å². The Labute approximate surface area is 138 Å². The molecule has 1 atom stereocenters. The first-order chi connectivity index (χ1) is 11.1. The molecular weight excluding hydrogens is 317 g/mol. The molecule has 1 aromatic carbocycles. The monoisotopic (exact) mass is 335 g/mol. The van der Waals surface area contributed by atoms with Gasteiger partial charge in [-0.2, -0.15) is 4.37 Å². The van der Waals surface area contributed by atoms with Crippen molar-refractivity contribution >= 4 is 22.4 Å². The summed E-state index contributed by atoms with van der Waals surface area (Å²) in [5.41, 5.74) is 1.50. The van der Waals surface area contributed by atoms with E-state index in [2.05, 4.69) is 9.69 Å². The third-order valence-electron chi connectivity index (χ3n) is 3.70. The van der Waals surface area contributed by atoms with E-state index < -0.39 is 6.04 Å². The summed E-state index contributed by atoms with van der Waals surface area (Å²) in [6.07, 6.45) is 0. The van der Waals surface area contributed by atoms with E-state index in [9.17, 15) is 9.18 Å². The maximum absolute atomic E-state index is 13.6. The Balaban J connectivity index is 1.85. The minimum atomic E-state index is -0.544. The SMILES string of the molecule is Cc1cc(NC(=O)[C@H](c2cccc(F)c2)N2CCOCC2)sn1. The first-order valence-corrected chi connectivity index (χ1v) is 8.22. The maximum Gasteiger partial charge on any atom is 0.246 e. The first kappa shape index (κ1) is 16.0. The Hall–Kier alpha value is -1.83. The lowest BCUT2D eigenvalue weighted by Gasteiger charge is -2.33. The number of anilines is 1. The van der Waals surface area contributed by atoms with Gasteiger partial charge in [-0.15, -0.1) is 0 Å². The number of amides is 1. The number of hydrogen-bond donors (Lipinski definition) is 1. The number of carbonyl (C=O) groups is 1. The number of ether oxygens (including phenoxy) is 1. The van der Waals surface area contributed by atoms with Crippen LogP contribution in [-0.4, -0.2) is 41.5 Å². The number of hydrogen-bond acceptors (Lipinski definition) is 5. The number of rotatable bonds is 4. The summed E-state index contributed by atoms with van der Waals surface area (Å²) in [5, 5.41) is 3.59. The summed E-state index contributed by atoms with van der Waals surface area (Å²) in [6.45, 7) is 4.28. The van der Waals surface area contributed by atoms with Gasteiger partial charge in [-0.1, -0.05) is 12.1 Å². The van der Waals surface area contributed by atoms with Gasteiger partial charge in [0.25, 0.3) is 0 Å². The normalized spacial score (nSPS) is 17.0. The number of aromatic nitrogens is 1. The summed E-state index contributed by atoms with van der Waals surface area (Å²) in [4.78, 5) is 14.8. The minimum absolute atomic E-state index is 0.179. The van der Waals surface area contributed by atoms with E-state index in [0.717, 1.165) is 5.69 Å². The predicted octanol–water partition coefficient (Wildman–Crippen LogP) is 2.60. The quantitative estimate of drug-likeness (QED) is 0.933. The molecule has 0 unspecified atom stereocenters. The van der Waals surface area contributed by atoms with Crippen LogP contribution >= 0.6 is 11.5 Å². The third-order valence-corrected chi connectivity index (χ3v) is 4.49. The van der Waals surface area contributed by atoms with Gasteiger partial charge in [0.15, 0.2) is 0 Å². The lowest BCUT2D eigenvalue weighted by atomic mass is 10.0. The highest BCUT2D eigenvalue weighted by molar-refractivity contribution is 7.10. The van der Waals surface area contributed by atoms with Gasteiger partial charge in [0.1, 0.15) is 16.9 Å². The molecule has 5 nitrogen and oxygen atoms in total. The second-order valence-electron chi connectivity index (χ2n) is 5.43. The minimum Gasteiger partial charge on any atom is -0.379 e. The first-order valence-electron chi connectivity index (χ1n) is 7.45. The second-order valence-corrected chi connectivity index (χ2v) is 6.23. The van der Waals surface area contributed by atoms with Gasteiger partial charge < -0.3 is 10.1 Å². The van der Waals surface area contributed by atoms with Crippen molar-refractivity contribution in [2.75, 3.05) is 31.6 Å². The Kier molecular flexibility index (Phi) is 5.00. The van der Waals surface area contributed by atoms with E-state index in [1.54, 1.807) is 12.1 Å². The molecule has 1 fully saturated rings. The van der Waals surface area contributed by atoms with Crippen LogP contribution in [-0.2, 0) is 9.53 Å². The van der Waals surface area contributed by atoms with Crippen molar-refractivity contribution in [3.8, 4) is 0 Å². The van der Waals surface area contributed by atoms with Crippen LogP contribution in [0.5, 0.6) is 0 Å². The van der Waals surface area contributed by atoms with E-state index in [1.807, 2.05) is 17.9 Å². The number of morpholine rings is 1. The Bertz CT molecular complexity index is 685. The molecule has 2 heterocycles. The molecule has 0 spiro atoms. The molecule has 1 aliphatic rings. The molecule has 3 rings (SSSR count). The molecule has 2 aromatic rings. The molecule has 1 amide bonds. The van der Waals surface area contributed by atoms with Crippen molar-refractivity contribution in [2.45, 2.75) is 13.0 Å². The van der Waals surface area contributed by atoms with Crippen LogP contribution in [0.25, 0.3) is 0 Å². The van der Waals surface area contributed by atoms with E-state index >= 15 is 0 Å². The van der Waals surface area contributed by atoms with Crippen LogP contribution in [0.1, 0.15) is 17.3 Å². The number of carbonyl (C=O) groups excluding carboxylic acids is 1. The molecule has 23 heavy (non-hydrogen) atoms. The maximum atomic E-state index is 13.6. The zero-order valence-electron chi connectivity index (χ0n) is 12.8. The number of halogens is 1. The Morgan fingerprint density at radius 1 is 1.39 bits per heavy atom. The highest BCUT2D eigenvalue weighted by Crippen LogP contribution is 2.25. The molecule has 7 heteroatoms. The average molecular weight is 335 g/mol. The van der Waals surface area contributed by atoms with Crippen LogP contribution in [0.4, 0.5) is 9.39 Å². The topological polar surface area (TPSA) is 54.5 Å².